The Balaban J connectivity index is 1.61. The molecule has 1 amide bonds. The van der Waals surface area contributed by atoms with Crippen molar-refractivity contribution in [1.29, 1.82) is 5.26 Å². The summed E-state index contributed by atoms with van der Waals surface area (Å²) in [6.07, 6.45) is 5.13. The van der Waals surface area contributed by atoms with Crippen LogP contribution in [-0.2, 0) is 6.42 Å². The van der Waals surface area contributed by atoms with Crippen LogP contribution in [0.3, 0.4) is 0 Å². The monoisotopic (exact) mass is 327 g/mol. The molecule has 0 atom stereocenters. The Kier molecular flexibility index (Phi) is 4.42. The highest BCUT2D eigenvalue weighted by molar-refractivity contribution is 7.12. The summed E-state index contributed by atoms with van der Waals surface area (Å²) < 4.78 is 0. The summed E-state index contributed by atoms with van der Waals surface area (Å²) in [6, 6.07) is 7.48. The molecule has 3 heterocycles. The number of aliphatic hydroxyl groups is 1. The maximum atomic E-state index is 12.4. The topological polar surface area (TPSA) is 77.2 Å². The van der Waals surface area contributed by atoms with Crippen LogP contribution in [0.15, 0.2) is 36.0 Å². The Morgan fingerprint density at radius 3 is 2.70 bits per heavy atom. The lowest BCUT2D eigenvalue weighted by molar-refractivity contribution is -0.0161. The number of hydrogen-bond donors (Lipinski definition) is 1. The van der Waals surface area contributed by atoms with Gasteiger partial charge in [0.25, 0.3) is 5.91 Å². The van der Waals surface area contributed by atoms with E-state index in [2.05, 4.69) is 4.98 Å². The van der Waals surface area contributed by atoms with Gasteiger partial charge in [-0.05, 0) is 36.6 Å². The van der Waals surface area contributed by atoms with E-state index in [1.165, 1.54) is 11.3 Å². The van der Waals surface area contributed by atoms with Gasteiger partial charge in [-0.2, -0.15) is 5.26 Å². The Bertz CT molecular complexity index is 728. The summed E-state index contributed by atoms with van der Waals surface area (Å²) in [6.45, 7) is 1.06. The average Bonchev–Trinajstić information content (AvgIpc) is 3.05. The van der Waals surface area contributed by atoms with Crippen LogP contribution in [-0.4, -0.2) is 39.6 Å². The largest absolute Gasteiger partial charge is 0.389 e. The number of aromatic nitrogens is 1. The molecule has 0 radical (unpaired) electrons. The molecule has 0 spiro atoms. The number of thiophene rings is 1. The van der Waals surface area contributed by atoms with E-state index in [1.807, 2.05) is 18.2 Å². The van der Waals surface area contributed by atoms with E-state index in [1.54, 1.807) is 28.7 Å². The highest BCUT2D eigenvalue weighted by atomic mass is 32.1. The molecule has 23 heavy (non-hydrogen) atoms. The van der Waals surface area contributed by atoms with E-state index in [0.29, 0.717) is 42.8 Å². The van der Waals surface area contributed by atoms with Crippen molar-refractivity contribution in [2.24, 2.45) is 0 Å². The van der Waals surface area contributed by atoms with Gasteiger partial charge in [-0.1, -0.05) is 0 Å². The Labute approximate surface area is 138 Å². The summed E-state index contributed by atoms with van der Waals surface area (Å²) in [5, 5.41) is 21.3. The maximum Gasteiger partial charge on any atom is 0.263 e. The molecule has 2 aromatic rings. The van der Waals surface area contributed by atoms with Crippen LogP contribution in [0.4, 0.5) is 0 Å². The van der Waals surface area contributed by atoms with Crippen LogP contribution in [0.25, 0.3) is 0 Å². The highest BCUT2D eigenvalue weighted by Gasteiger charge is 2.34. The number of nitriles is 1. The number of carbonyl (C=O) groups excluding carboxylic acids is 1. The molecule has 5 nitrogen and oxygen atoms in total. The molecule has 0 aliphatic carbocycles. The van der Waals surface area contributed by atoms with E-state index in [9.17, 15) is 9.90 Å². The van der Waals surface area contributed by atoms with E-state index in [-0.39, 0.29) is 5.91 Å². The third kappa shape index (κ3) is 3.58. The van der Waals surface area contributed by atoms with Crippen molar-refractivity contribution in [2.45, 2.75) is 24.9 Å². The summed E-state index contributed by atoms with van der Waals surface area (Å²) in [4.78, 5) is 18.8. The van der Waals surface area contributed by atoms with Gasteiger partial charge in [0.1, 0.15) is 6.07 Å². The number of hydrogen-bond acceptors (Lipinski definition) is 5. The standard InChI is InChI=1S/C17H17N3O2S/c18-11-14-9-15(23-12-14)16(21)20-7-3-17(22,4-8-20)10-13-1-5-19-6-2-13/h1-2,5-6,9,12,22H,3-4,7-8,10H2. The summed E-state index contributed by atoms with van der Waals surface area (Å²) in [5.41, 5.74) is 0.800. The Morgan fingerprint density at radius 1 is 1.39 bits per heavy atom. The zero-order valence-corrected chi connectivity index (χ0v) is 13.4. The third-order valence-electron chi connectivity index (χ3n) is 4.20. The van der Waals surface area contributed by atoms with Crippen molar-refractivity contribution in [3.05, 3.63) is 52.0 Å². The van der Waals surface area contributed by atoms with Crippen LogP contribution in [0, 0.1) is 11.3 Å². The van der Waals surface area contributed by atoms with E-state index in [4.69, 9.17) is 5.26 Å². The summed E-state index contributed by atoms with van der Waals surface area (Å²) >= 11 is 1.30. The first-order valence-electron chi connectivity index (χ1n) is 7.49. The lowest BCUT2D eigenvalue weighted by Gasteiger charge is -2.38. The van der Waals surface area contributed by atoms with Crippen molar-refractivity contribution in [3.63, 3.8) is 0 Å². The van der Waals surface area contributed by atoms with Crippen LogP contribution >= 0.6 is 11.3 Å². The smallest absolute Gasteiger partial charge is 0.263 e. The SMILES string of the molecule is N#Cc1csc(C(=O)N2CCC(O)(Cc3ccncc3)CC2)c1. The van der Waals surface area contributed by atoms with E-state index < -0.39 is 5.60 Å². The molecular weight excluding hydrogens is 310 g/mol. The molecule has 1 fully saturated rings. The fourth-order valence-electron chi connectivity index (χ4n) is 2.85. The normalized spacial score (nSPS) is 16.8. The first kappa shape index (κ1) is 15.7. The second-order valence-electron chi connectivity index (χ2n) is 5.86. The molecule has 1 aliphatic rings. The number of rotatable bonds is 3. The third-order valence-corrected chi connectivity index (χ3v) is 5.12. The second-order valence-corrected chi connectivity index (χ2v) is 6.77. The van der Waals surface area contributed by atoms with Gasteiger partial charge in [-0.15, -0.1) is 11.3 Å². The number of nitrogens with zero attached hydrogens (tertiary/aromatic N) is 3. The molecule has 0 unspecified atom stereocenters. The molecule has 3 rings (SSSR count). The zero-order chi connectivity index (χ0) is 16.3. The fourth-order valence-corrected chi connectivity index (χ4v) is 3.65. The zero-order valence-electron chi connectivity index (χ0n) is 12.6. The lowest BCUT2D eigenvalue weighted by atomic mass is 9.85. The fraction of sp³-hybridized carbons (Fsp3) is 0.353. The van der Waals surface area contributed by atoms with Crippen LogP contribution in [0.1, 0.15) is 33.6 Å². The van der Waals surface area contributed by atoms with Crippen LogP contribution < -0.4 is 0 Å². The van der Waals surface area contributed by atoms with Gasteiger partial charge in [0.15, 0.2) is 0 Å². The molecule has 0 saturated carbocycles. The van der Waals surface area contributed by atoms with Gasteiger partial charge in [0.05, 0.1) is 16.0 Å². The average molecular weight is 327 g/mol. The lowest BCUT2D eigenvalue weighted by Crippen LogP contribution is -2.47. The number of amides is 1. The molecule has 6 heteroatoms. The highest BCUT2D eigenvalue weighted by Crippen LogP contribution is 2.28. The minimum atomic E-state index is -0.772. The minimum absolute atomic E-state index is 0.0533. The van der Waals surface area contributed by atoms with E-state index in [0.717, 1.165) is 5.56 Å². The molecule has 1 aliphatic heterocycles. The molecule has 0 bridgehead atoms. The summed E-state index contributed by atoms with van der Waals surface area (Å²) in [7, 11) is 0. The molecule has 0 aromatic carbocycles. The molecule has 1 saturated heterocycles. The van der Waals surface area contributed by atoms with Gasteiger partial charge < -0.3 is 10.0 Å². The van der Waals surface area contributed by atoms with Crippen molar-refractivity contribution in [1.82, 2.24) is 9.88 Å². The van der Waals surface area contributed by atoms with E-state index >= 15 is 0 Å². The van der Waals surface area contributed by atoms with Crippen molar-refractivity contribution < 1.29 is 9.90 Å². The second kappa shape index (κ2) is 6.49. The molecular formula is C17H17N3O2S. The van der Waals surface area contributed by atoms with Gasteiger partial charge >= 0.3 is 0 Å². The minimum Gasteiger partial charge on any atom is -0.389 e. The van der Waals surface area contributed by atoms with Crippen LogP contribution in [0.2, 0.25) is 0 Å². The van der Waals surface area contributed by atoms with Crippen molar-refractivity contribution in [3.8, 4) is 6.07 Å². The van der Waals surface area contributed by atoms with Gasteiger partial charge in [0.2, 0.25) is 0 Å². The predicted octanol–water partition coefficient (Wildman–Crippen LogP) is 2.22. The maximum absolute atomic E-state index is 12.4. The van der Waals surface area contributed by atoms with Crippen molar-refractivity contribution in [2.75, 3.05) is 13.1 Å². The predicted molar refractivity (Wildman–Crippen MR) is 87.1 cm³/mol. The quantitative estimate of drug-likeness (QED) is 0.938. The molecule has 2 aromatic heterocycles. The number of piperidine rings is 1. The summed E-state index contributed by atoms with van der Waals surface area (Å²) in [5.74, 6) is -0.0533. The molecule has 118 valence electrons. The van der Waals surface area contributed by atoms with Gasteiger partial charge in [-0.3, -0.25) is 9.78 Å². The number of likely N-dealkylation sites (tertiary alicyclic amines) is 1. The van der Waals surface area contributed by atoms with Crippen LogP contribution in [0.5, 0.6) is 0 Å². The molecule has 1 N–H and O–H groups in total. The van der Waals surface area contributed by atoms with Crippen molar-refractivity contribution >= 4 is 17.2 Å². The number of pyridine rings is 1. The Morgan fingerprint density at radius 2 is 2.09 bits per heavy atom. The number of carbonyl (C=O) groups is 1. The first-order chi connectivity index (χ1) is 11.1. The van der Waals surface area contributed by atoms with Gasteiger partial charge in [0, 0.05) is 37.3 Å². The Hall–Kier alpha value is -2.23. The first-order valence-corrected chi connectivity index (χ1v) is 8.37. The van der Waals surface area contributed by atoms with Gasteiger partial charge in [-0.25, -0.2) is 0 Å².